The molecule has 2 aliphatic heterocycles. The van der Waals surface area contributed by atoms with Crippen molar-refractivity contribution in [3.8, 4) is 0 Å². The highest BCUT2D eigenvalue weighted by atomic mass is 32.2. The number of rotatable bonds is 17. The summed E-state index contributed by atoms with van der Waals surface area (Å²) >= 11 is 1.95. The molecule has 22 heteroatoms. The third-order valence-electron chi connectivity index (χ3n) is 9.85. The Kier molecular flexibility index (Phi) is 20.3. The topological polar surface area (TPSA) is 274 Å². The Labute approximate surface area is 402 Å². The monoisotopic (exact) mass is 971 g/mol. The lowest BCUT2D eigenvalue weighted by atomic mass is 10.0. The van der Waals surface area contributed by atoms with Gasteiger partial charge in [0.15, 0.2) is 0 Å². The second-order valence-electron chi connectivity index (χ2n) is 16.6. The lowest BCUT2D eigenvalue weighted by Gasteiger charge is -2.26. The third kappa shape index (κ3) is 18.5. The molecule has 362 valence electrons. The van der Waals surface area contributed by atoms with Crippen molar-refractivity contribution < 1.29 is 43.0 Å². The minimum Gasteiger partial charge on any atom is -0.445 e. The van der Waals surface area contributed by atoms with E-state index in [0.29, 0.717) is 12.8 Å². The van der Waals surface area contributed by atoms with E-state index in [1.165, 1.54) is 6.92 Å². The average Bonchev–Trinajstić information content (AvgIpc) is 3.32. The van der Waals surface area contributed by atoms with Gasteiger partial charge < -0.3 is 46.7 Å². The van der Waals surface area contributed by atoms with E-state index in [2.05, 4.69) is 57.6 Å². The number of hydrogen-bond acceptors (Lipinski definition) is 15. The number of ether oxygens (including phenoxy) is 2. The van der Waals surface area contributed by atoms with Crippen LogP contribution in [0.25, 0.3) is 0 Å². The van der Waals surface area contributed by atoms with Gasteiger partial charge in [0.05, 0.1) is 0 Å². The zero-order valence-corrected chi connectivity index (χ0v) is 39.8. The summed E-state index contributed by atoms with van der Waals surface area (Å²) in [6, 6.07) is 21.6. The van der Waals surface area contributed by atoms with E-state index in [9.17, 15) is 33.6 Å². The number of aromatic nitrogens is 4. The highest BCUT2D eigenvalue weighted by Crippen LogP contribution is 2.18. The number of carbonyl (C=O) groups excluding carboxylic acids is 7. The molecule has 0 fully saturated rings. The van der Waals surface area contributed by atoms with E-state index in [1.807, 2.05) is 91.0 Å². The molecule has 0 spiro atoms. The fourth-order valence-electron chi connectivity index (χ4n) is 6.35. The van der Waals surface area contributed by atoms with Gasteiger partial charge in [0.1, 0.15) is 42.4 Å². The van der Waals surface area contributed by atoms with Gasteiger partial charge in [-0.05, 0) is 63.6 Å². The Balaban J connectivity index is 1.26. The Morgan fingerprint density at radius 1 is 0.691 bits per heavy atom. The van der Waals surface area contributed by atoms with Gasteiger partial charge in [-0.1, -0.05) is 115 Å². The molecule has 7 amide bonds. The van der Waals surface area contributed by atoms with Gasteiger partial charge in [0.25, 0.3) is 0 Å². The van der Waals surface area contributed by atoms with Gasteiger partial charge >= 0.3 is 12.2 Å². The molecule has 0 unspecified atom stereocenters. The van der Waals surface area contributed by atoms with Crippen molar-refractivity contribution in [2.24, 2.45) is 0 Å². The molecule has 0 saturated heterocycles. The zero-order chi connectivity index (χ0) is 48.9. The molecule has 0 radical (unpaired) electrons. The highest BCUT2D eigenvalue weighted by molar-refractivity contribution is 7.99. The number of benzene rings is 3. The molecule has 2 aliphatic rings. The largest absolute Gasteiger partial charge is 0.445 e. The number of carbonyl (C=O) groups is 7. The van der Waals surface area contributed by atoms with Crippen LogP contribution in [0.3, 0.4) is 0 Å². The van der Waals surface area contributed by atoms with E-state index in [4.69, 9.17) is 9.47 Å². The van der Waals surface area contributed by atoms with Gasteiger partial charge in [-0.3, -0.25) is 24.0 Å². The Morgan fingerprint density at radius 3 is 1.90 bits per heavy atom. The van der Waals surface area contributed by atoms with Crippen LogP contribution in [-0.2, 0) is 53.0 Å². The number of fused-ring (bicyclic) bond motifs is 12. The molecule has 3 heterocycles. The zero-order valence-electron chi connectivity index (χ0n) is 38.2. The SMILES string of the molecule is C[C@@H]1NC(=O)[C@@H](NC(=O)[C@H](CCCCNC(=O)OCc2ccccc2)NC(=O)OC(C)(C)C)CSc2nnc(nn2)SC[C@@H](C(=O)N[C@@H](Cc2ccccc2)C(=O)NCc2ccccc2)NC1=O. The second kappa shape index (κ2) is 26.5. The van der Waals surface area contributed by atoms with Crippen LogP contribution in [0, 0.1) is 0 Å². The summed E-state index contributed by atoms with van der Waals surface area (Å²) in [6.07, 6.45) is -0.481. The predicted molar refractivity (Wildman–Crippen MR) is 253 cm³/mol. The maximum Gasteiger partial charge on any atom is 0.408 e. The van der Waals surface area contributed by atoms with Crippen LogP contribution < -0.4 is 37.2 Å². The summed E-state index contributed by atoms with van der Waals surface area (Å²) in [5.41, 5.74) is 1.59. The van der Waals surface area contributed by atoms with E-state index in [0.717, 1.165) is 40.2 Å². The quantitative estimate of drug-likeness (QED) is 0.0750. The number of nitrogens with zero attached hydrogens (tertiary/aromatic N) is 4. The first-order chi connectivity index (χ1) is 32.6. The smallest absolute Gasteiger partial charge is 0.408 e. The highest BCUT2D eigenvalue weighted by Gasteiger charge is 2.33. The van der Waals surface area contributed by atoms with Crippen molar-refractivity contribution in [1.82, 2.24) is 57.6 Å². The third-order valence-corrected chi connectivity index (χ3v) is 11.7. The molecular weight excluding hydrogens is 915 g/mol. The fourth-order valence-corrected chi connectivity index (χ4v) is 7.85. The van der Waals surface area contributed by atoms with Crippen molar-refractivity contribution in [1.29, 1.82) is 0 Å². The second-order valence-corrected chi connectivity index (χ2v) is 18.6. The summed E-state index contributed by atoms with van der Waals surface area (Å²) in [4.78, 5) is 94.5. The van der Waals surface area contributed by atoms with Crippen molar-refractivity contribution >= 4 is 65.2 Å². The summed E-state index contributed by atoms with van der Waals surface area (Å²) in [6.45, 7) is 6.95. The maximum atomic E-state index is 14.1. The van der Waals surface area contributed by atoms with E-state index >= 15 is 0 Å². The summed E-state index contributed by atoms with van der Waals surface area (Å²) in [5, 5.41) is 35.5. The molecule has 4 aromatic rings. The molecule has 7 N–H and O–H groups in total. The molecule has 20 nitrogen and oxygen atoms in total. The van der Waals surface area contributed by atoms with Gasteiger partial charge in [0, 0.05) is 31.0 Å². The molecule has 0 aliphatic carbocycles. The molecule has 6 rings (SSSR count). The van der Waals surface area contributed by atoms with Gasteiger partial charge in [-0.25, -0.2) is 9.59 Å². The van der Waals surface area contributed by atoms with Crippen molar-refractivity contribution in [2.45, 2.75) is 113 Å². The molecule has 68 heavy (non-hydrogen) atoms. The number of alkyl carbamates (subject to hydrolysis) is 2. The van der Waals surface area contributed by atoms with Gasteiger partial charge in [-0.2, -0.15) is 0 Å². The Bertz CT molecular complexity index is 2300. The molecule has 1 aromatic heterocycles. The van der Waals surface area contributed by atoms with Crippen LogP contribution in [0.1, 0.15) is 63.6 Å². The van der Waals surface area contributed by atoms with E-state index in [1.54, 1.807) is 20.8 Å². The number of unbranched alkanes of at least 4 members (excludes halogenated alkanes) is 1. The lowest BCUT2D eigenvalue weighted by molar-refractivity contribution is -0.134. The van der Waals surface area contributed by atoms with E-state index < -0.39 is 77.5 Å². The molecule has 2 bridgehead atoms. The Hall–Kier alpha value is -6.81. The normalized spacial score (nSPS) is 17.3. The van der Waals surface area contributed by atoms with Crippen LogP contribution in [0.2, 0.25) is 0 Å². The van der Waals surface area contributed by atoms with Crippen molar-refractivity contribution in [3.05, 3.63) is 108 Å². The van der Waals surface area contributed by atoms with Crippen LogP contribution in [0.4, 0.5) is 9.59 Å². The van der Waals surface area contributed by atoms with Crippen molar-refractivity contribution in [3.63, 3.8) is 0 Å². The fraction of sp³-hybridized carbons (Fsp3) is 0.413. The van der Waals surface area contributed by atoms with E-state index in [-0.39, 0.29) is 54.4 Å². The molecule has 5 atom stereocenters. The average molecular weight is 972 g/mol. The summed E-state index contributed by atoms with van der Waals surface area (Å²) in [7, 11) is 0. The van der Waals surface area contributed by atoms with Gasteiger partial charge in [0.2, 0.25) is 39.8 Å². The minimum absolute atomic E-state index is 0.0660. The van der Waals surface area contributed by atoms with Crippen LogP contribution in [-0.4, -0.2) is 116 Å². The first-order valence-corrected chi connectivity index (χ1v) is 23.9. The van der Waals surface area contributed by atoms with Crippen LogP contribution in [0.15, 0.2) is 101 Å². The number of thioether (sulfide) groups is 2. The number of nitrogens with one attached hydrogen (secondary N) is 7. The van der Waals surface area contributed by atoms with Crippen LogP contribution in [0.5, 0.6) is 0 Å². The maximum absolute atomic E-state index is 14.1. The molecular formula is C46H57N11O9S2. The standard InChI is InChI=1S/C46H57N11O9S2/c1-29-37(58)51-36(41(62)50-34(24-30-16-8-5-9-17-30)38(59)48-25-31-18-10-6-11-19-31)28-68-43-56-54-42(55-57-43)67-27-35(40(61)49-29)52-39(60)33(53-45(64)66-46(2,3)4)22-14-15-23-47-44(63)65-26-32-20-12-7-13-21-32/h5-13,16-21,29,33-36H,14-15,22-28H2,1-4H3,(H,47,63)(H,48,59)(H,49,61)(H,50,62)(H,51,58)(H,52,60)(H,53,64)/t29-,33-,34-,35-,36-/m0/s1. The van der Waals surface area contributed by atoms with Gasteiger partial charge in [-0.15, -0.1) is 20.4 Å². The number of hydrogen-bond donors (Lipinski definition) is 7. The first kappa shape index (κ1) is 52.2. The summed E-state index contributed by atoms with van der Waals surface area (Å²) < 4.78 is 10.7. The predicted octanol–water partition coefficient (Wildman–Crippen LogP) is 2.97. The van der Waals surface area contributed by atoms with Crippen molar-refractivity contribution in [2.75, 3.05) is 18.1 Å². The Morgan fingerprint density at radius 2 is 1.28 bits per heavy atom. The lowest BCUT2D eigenvalue weighted by Crippen LogP contribution is -2.59. The number of amides is 7. The molecule has 0 saturated carbocycles. The first-order valence-electron chi connectivity index (χ1n) is 22.0. The minimum atomic E-state index is -1.32. The molecule has 3 aromatic carbocycles. The van der Waals surface area contributed by atoms with Crippen LogP contribution >= 0.6 is 23.5 Å². The summed E-state index contributed by atoms with van der Waals surface area (Å²) in [5.74, 6) is -3.63.